The van der Waals surface area contributed by atoms with E-state index in [1.807, 2.05) is 24.3 Å². The second kappa shape index (κ2) is 9.00. The van der Waals surface area contributed by atoms with Gasteiger partial charge in [-0.25, -0.2) is 4.98 Å². The molecule has 1 aliphatic heterocycles. The van der Waals surface area contributed by atoms with Crippen LogP contribution in [-0.2, 0) is 16.1 Å². The number of aromatic nitrogens is 1. The summed E-state index contributed by atoms with van der Waals surface area (Å²) in [4.78, 5) is 31.4. The number of benzene rings is 1. The van der Waals surface area contributed by atoms with Crippen molar-refractivity contribution in [3.8, 4) is 0 Å². The van der Waals surface area contributed by atoms with Gasteiger partial charge in [0.15, 0.2) is 0 Å². The SMILES string of the molecule is Nc1nccc2cc(CNC(=O)[C@@H]3CCCN3C(=O)[C@H](O)C3CCCCC3)ccc12. The fourth-order valence-electron chi connectivity index (χ4n) is 4.79. The summed E-state index contributed by atoms with van der Waals surface area (Å²) in [6.45, 7) is 0.906. The van der Waals surface area contributed by atoms with E-state index in [0.717, 1.165) is 48.4 Å². The first-order valence-electron chi connectivity index (χ1n) is 10.9. The third-order valence-electron chi connectivity index (χ3n) is 6.51. The maximum atomic E-state index is 12.9. The Morgan fingerprint density at radius 2 is 1.97 bits per heavy atom. The Kier molecular flexibility index (Phi) is 6.18. The van der Waals surface area contributed by atoms with E-state index in [1.165, 1.54) is 6.42 Å². The number of nitrogen functional groups attached to an aromatic ring is 1. The van der Waals surface area contributed by atoms with E-state index in [0.29, 0.717) is 25.3 Å². The van der Waals surface area contributed by atoms with Crippen LogP contribution in [0.2, 0.25) is 0 Å². The van der Waals surface area contributed by atoms with E-state index in [2.05, 4.69) is 10.3 Å². The van der Waals surface area contributed by atoms with Gasteiger partial charge in [-0.2, -0.15) is 0 Å². The molecule has 30 heavy (non-hydrogen) atoms. The summed E-state index contributed by atoms with van der Waals surface area (Å²) in [5.41, 5.74) is 6.85. The average Bonchev–Trinajstić information content (AvgIpc) is 3.27. The van der Waals surface area contributed by atoms with Crippen LogP contribution < -0.4 is 11.1 Å². The Hall–Kier alpha value is -2.67. The molecule has 2 fully saturated rings. The minimum Gasteiger partial charge on any atom is -0.383 e. The summed E-state index contributed by atoms with van der Waals surface area (Å²) >= 11 is 0. The molecular formula is C23H30N4O3. The Balaban J connectivity index is 1.38. The van der Waals surface area contributed by atoms with Gasteiger partial charge in [0, 0.05) is 24.7 Å². The van der Waals surface area contributed by atoms with Crippen LogP contribution >= 0.6 is 0 Å². The predicted molar refractivity (Wildman–Crippen MR) is 115 cm³/mol. The first kappa shape index (κ1) is 20.6. The second-order valence-electron chi connectivity index (χ2n) is 8.50. The van der Waals surface area contributed by atoms with Crippen LogP contribution in [0.3, 0.4) is 0 Å². The van der Waals surface area contributed by atoms with Crippen molar-refractivity contribution in [1.82, 2.24) is 15.2 Å². The fourth-order valence-corrected chi connectivity index (χ4v) is 4.79. The number of anilines is 1. The van der Waals surface area contributed by atoms with Crippen LogP contribution in [0.1, 0.15) is 50.5 Å². The number of hydrogen-bond acceptors (Lipinski definition) is 5. The maximum Gasteiger partial charge on any atom is 0.252 e. The number of hydrogen-bond donors (Lipinski definition) is 3. The van der Waals surface area contributed by atoms with Crippen LogP contribution in [0, 0.1) is 5.92 Å². The fraction of sp³-hybridized carbons (Fsp3) is 0.522. The topological polar surface area (TPSA) is 109 Å². The molecule has 2 amide bonds. The van der Waals surface area contributed by atoms with E-state index in [-0.39, 0.29) is 17.7 Å². The number of amides is 2. The number of nitrogens with one attached hydrogen (secondary N) is 1. The Labute approximate surface area is 176 Å². The van der Waals surface area contributed by atoms with Crippen molar-refractivity contribution < 1.29 is 14.7 Å². The molecule has 7 heteroatoms. The van der Waals surface area contributed by atoms with E-state index in [1.54, 1.807) is 11.1 Å². The van der Waals surface area contributed by atoms with Gasteiger partial charge in [0.1, 0.15) is 18.0 Å². The lowest BCUT2D eigenvalue weighted by molar-refractivity contribution is -0.148. The van der Waals surface area contributed by atoms with Crippen molar-refractivity contribution in [2.24, 2.45) is 5.92 Å². The average molecular weight is 411 g/mol. The monoisotopic (exact) mass is 410 g/mol. The highest BCUT2D eigenvalue weighted by molar-refractivity contribution is 5.92. The Morgan fingerprint density at radius 1 is 1.17 bits per heavy atom. The van der Waals surface area contributed by atoms with Gasteiger partial charge in [-0.1, -0.05) is 31.4 Å². The van der Waals surface area contributed by atoms with Crippen LogP contribution in [0.4, 0.5) is 5.82 Å². The van der Waals surface area contributed by atoms with Crippen molar-refractivity contribution in [2.45, 2.75) is 63.6 Å². The summed E-state index contributed by atoms with van der Waals surface area (Å²) in [7, 11) is 0. The molecule has 1 saturated carbocycles. The van der Waals surface area contributed by atoms with Crippen molar-refractivity contribution in [2.75, 3.05) is 12.3 Å². The summed E-state index contributed by atoms with van der Waals surface area (Å²) < 4.78 is 0. The maximum absolute atomic E-state index is 12.9. The number of likely N-dealkylation sites (tertiary alicyclic amines) is 1. The highest BCUT2D eigenvalue weighted by Crippen LogP contribution is 2.29. The molecule has 7 nitrogen and oxygen atoms in total. The lowest BCUT2D eigenvalue weighted by Gasteiger charge is -2.31. The minimum atomic E-state index is -0.988. The van der Waals surface area contributed by atoms with E-state index >= 15 is 0 Å². The van der Waals surface area contributed by atoms with Crippen molar-refractivity contribution >= 4 is 28.4 Å². The molecule has 1 saturated heterocycles. The molecule has 2 heterocycles. The predicted octanol–water partition coefficient (Wildman–Crippen LogP) is 2.37. The highest BCUT2D eigenvalue weighted by Gasteiger charge is 2.39. The molecular weight excluding hydrogens is 380 g/mol. The third-order valence-corrected chi connectivity index (χ3v) is 6.51. The van der Waals surface area contributed by atoms with Gasteiger partial charge in [0.05, 0.1) is 0 Å². The molecule has 4 N–H and O–H groups in total. The van der Waals surface area contributed by atoms with Gasteiger partial charge < -0.3 is 21.1 Å². The molecule has 2 aromatic rings. The van der Waals surface area contributed by atoms with Crippen molar-refractivity contribution in [1.29, 1.82) is 0 Å². The molecule has 0 radical (unpaired) electrons. The summed E-state index contributed by atoms with van der Waals surface area (Å²) in [6.07, 6.45) is 7.17. The van der Waals surface area contributed by atoms with Crippen molar-refractivity contribution in [3.63, 3.8) is 0 Å². The van der Waals surface area contributed by atoms with Gasteiger partial charge >= 0.3 is 0 Å². The zero-order chi connectivity index (χ0) is 21.1. The summed E-state index contributed by atoms with van der Waals surface area (Å²) in [5.74, 6) is 0.0640. The quantitative estimate of drug-likeness (QED) is 0.701. The Morgan fingerprint density at radius 3 is 2.77 bits per heavy atom. The van der Waals surface area contributed by atoms with Gasteiger partial charge in [-0.15, -0.1) is 0 Å². The van der Waals surface area contributed by atoms with Gasteiger partial charge in [-0.3, -0.25) is 9.59 Å². The minimum absolute atomic E-state index is 0.0232. The number of aliphatic hydroxyl groups is 1. The lowest BCUT2D eigenvalue weighted by Crippen LogP contribution is -2.50. The van der Waals surface area contributed by atoms with Crippen LogP contribution in [0.5, 0.6) is 0 Å². The summed E-state index contributed by atoms with van der Waals surface area (Å²) in [6, 6.07) is 7.20. The zero-order valence-corrected chi connectivity index (χ0v) is 17.2. The number of aliphatic hydroxyl groups excluding tert-OH is 1. The number of pyridine rings is 1. The number of fused-ring (bicyclic) bond motifs is 1. The molecule has 0 unspecified atom stereocenters. The molecule has 160 valence electrons. The van der Waals surface area contributed by atoms with Crippen LogP contribution in [0.25, 0.3) is 10.8 Å². The largest absolute Gasteiger partial charge is 0.383 e. The molecule has 2 atom stereocenters. The van der Waals surface area contributed by atoms with Crippen LogP contribution in [0.15, 0.2) is 30.5 Å². The highest BCUT2D eigenvalue weighted by atomic mass is 16.3. The molecule has 0 spiro atoms. The number of carbonyl (C=O) groups is 2. The number of nitrogens with zero attached hydrogens (tertiary/aromatic N) is 2. The van der Waals surface area contributed by atoms with E-state index in [4.69, 9.17) is 5.73 Å². The third kappa shape index (κ3) is 4.26. The van der Waals surface area contributed by atoms with E-state index in [9.17, 15) is 14.7 Å². The first-order chi connectivity index (χ1) is 14.5. The molecule has 1 aromatic carbocycles. The molecule has 1 aliphatic carbocycles. The lowest BCUT2D eigenvalue weighted by atomic mass is 9.84. The molecule has 2 aliphatic rings. The molecule has 1 aromatic heterocycles. The van der Waals surface area contributed by atoms with Crippen LogP contribution in [-0.4, -0.2) is 45.5 Å². The smallest absolute Gasteiger partial charge is 0.252 e. The first-order valence-corrected chi connectivity index (χ1v) is 10.9. The summed E-state index contributed by atoms with van der Waals surface area (Å²) in [5, 5.41) is 15.4. The van der Waals surface area contributed by atoms with Gasteiger partial charge in [-0.05, 0) is 54.7 Å². The standard InChI is InChI=1S/C23H30N4O3/c24-21-18-9-8-15(13-17(18)10-11-25-21)14-26-22(29)19-7-4-12-27(19)23(30)20(28)16-5-2-1-3-6-16/h8-11,13,16,19-20,28H,1-7,12,14H2,(H2,24,25)(H,26,29)/t19-,20+/m0/s1. The van der Waals surface area contributed by atoms with E-state index < -0.39 is 12.1 Å². The zero-order valence-electron chi connectivity index (χ0n) is 17.2. The number of nitrogens with two attached hydrogens (primary N) is 1. The second-order valence-corrected chi connectivity index (χ2v) is 8.50. The molecule has 4 rings (SSSR count). The number of carbonyl (C=O) groups excluding carboxylic acids is 2. The van der Waals surface area contributed by atoms with Gasteiger partial charge in [0.25, 0.3) is 5.91 Å². The Bertz CT molecular complexity index is 926. The van der Waals surface area contributed by atoms with Gasteiger partial charge in [0.2, 0.25) is 5.91 Å². The van der Waals surface area contributed by atoms with Crippen molar-refractivity contribution in [3.05, 3.63) is 36.0 Å². The molecule has 0 bridgehead atoms. The number of rotatable bonds is 5. The normalized spacial score (nSPS) is 21.0.